The lowest BCUT2D eigenvalue weighted by Gasteiger charge is -2.18. The predicted molar refractivity (Wildman–Crippen MR) is 59.6 cm³/mol. The second kappa shape index (κ2) is 3.82. The molecule has 14 heavy (non-hydrogen) atoms. The van der Waals surface area contributed by atoms with Crippen LogP contribution in [-0.2, 0) is 6.54 Å². The van der Waals surface area contributed by atoms with Crippen molar-refractivity contribution in [1.82, 2.24) is 4.90 Å². The average molecular weight is 188 g/mol. The molecule has 0 aliphatic carbocycles. The van der Waals surface area contributed by atoms with Gasteiger partial charge in [-0.1, -0.05) is 31.2 Å². The fourth-order valence-electron chi connectivity index (χ4n) is 1.89. The highest BCUT2D eigenvalue weighted by Gasteiger charge is 2.17. The van der Waals surface area contributed by atoms with Crippen molar-refractivity contribution >= 4 is 5.84 Å². The van der Waals surface area contributed by atoms with Gasteiger partial charge in [-0.2, -0.15) is 0 Å². The van der Waals surface area contributed by atoms with Crippen LogP contribution in [0.5, 0.6) is 0 Å². The molecule has 0 aromatic heterocycles. The molecule has 0 unspecified atom stereocenters. The summed E-state index contributed by atoms with van der Waals surface area (Å²) < 4.78 is 0. The van der Waals surface area contributed by atoms with E-state index in [9.17, 15) is 0 Å². The summed E-state index contributed by atoms with van der Waals surface area (Å²) in [7, 11) is 2.12. The molecule has 0 atom stereocenters. The highest BCUT2D eigenvalue weighted by molar-refractivity contribution is 6.01. The molecule has 2 rings (SSSR count). The van der Waals surface area contributed by atoms with Crippen LogP contribution in [0.15, 0.2) is 29.3 Å². The SMILES string of the molecule is CCCN(C)C1=NCc2ccccc21. The summed E-state index contributed by atoms with van der Waals surface area (Å²) in [6.07, 6.45) is 1.16. The molecule has 1 aromatic rings. The zero-order valence-corrected chi connectivity index (χ0v) is 8.83. The number of rotatable bonds is 2. The molecule has 1 aliphatic rings. The zero-order chi connectivity index (χ0) is 9.97. The van der Waals surface area contributed by atoms with Crippen molar-refractivity contribution < 1.29 is 0 Å². The maximum Gasteiger partial charge on any atom is 0.131 e. The minimum Gasteiger partial charge on any atom is -0.359 e. The van der Waals surface area contributed by atoms with E-state index < -0.39 is 0 Å². The lowest BCUT2D eigenvalue weighted by molar-refractivity contribution is 0.502. The Morgan fingerprint density at radius 1 is 1.36 bits per heavy atom. The lowest BCUT2D eigenvalue weighted by Crippen LogP contribution is -2.27. The van der Waals surface area contributed by atoms with E-state index in [0.29, 0.717) is 0 Å². The number of amidine groups is 1. The first-order valence-corrected chi connectivity index (χ1v) is 5.16. The number of hydrogen-bond acceptors (Lipinski definition) is 2. The summed E-state index contributed by atoms with van der Waals surface area (Å²) in [5, 5.41) is 0. The van der Waals surface area contributed by atoms with Gasteiger partial charge in [-0.15, -0.1) is 0 Å². The van der Waals surface area contributed by atoms with Crippen molar-refractivity contribution in [2.24, 2.45) is 4.99 Å². The third kappa shape index (κ3) is 1.52. The standard InChI is InChI=1S/C12H16N2/c1-3-8-14(2)12-11-7-5-4-6-10(11)9-13-12/h4-7H,3,8-9H2,1-2H3. The average Bonchev–Trinajstić information content (AvgIpc) is 2.61. The summed E-state index contributed by atoms with van der Waals surface area (Å²) in [6.45, 7) is 4.12. The van der Waals surface area contributed by atoms with E-state index >= 15 is 0 Å². The number of hydrogen-bond donors (Lipinski definition) is 0. The Morgan fingerprint density at radius 2 is 2.14 bits per heavy atom. The zero-order valence-electron chi connectivity index (χ0n) is 8.83. The Labute approximate surface area is 85.3 Å². The van der Waals surface area contributed by atoms with Crippen LogP contribution < -0.4 is 0 Å². The van der Waals surface area contributed by atoms with Crippen LogP contribution in [0.25, 0.3) is 0 Å². The number of aliphatic imine (C=N–C) groups is 1. The van der Waals surface area contributed by atoms with Crippen LogP contribution in [0, 0.1) is 0 Å². The summed E-state index contributed by atoms with van der Waals surface area (Å²) in [5.41, 5.74) is 2.66. The molecule has 1 aromatic carbocycles. The molecule has 2 heteroatoms. The maximum atomic E-state index is 4.56. The fraction of sp³-hybridized carbons (Fsp3) is 0.417. The van der Waals surface area contributed by atoms with Gasteiger partial charge in [0.05, 0.1) is 6.54 Å². The molecular formula is C12H16N2. The lowest BCUT2D eigenvalue weighted by atomic mass is 10.1. The van der Waals surface area contributed by atoms with Crippen molar-refractivity contribution in [2.45, 2.75) is 19.9 Å². The molecule has 0 saturated carbocycles. The third-order valence-electron chi connectivity index (χ3n) is 2.58. The van der Waals surface area contributed by atoms with Gasteiger partial charge in [0.2, 0.25) is 0 Å². The fourth-order valence-corrected chi connectivity index (χ4v) is 1.89. The van der Waals surface area contributed by atoms with E-state index in [4.69, 9.17) is 0 Å². The van der Waals surface area contributed by atoms with Crippen molar-refractivity contribution in [3.63, 3.8) is 0 Å². The first-order chi connectivity index (χ1) is 6.83. The third-order valence-corrected chi connectivity index (χ3v) is 2.58. The molecule has 0 radical (unpaired) electrons. The van der Waals surface area contributed by atoms with Gasteiger partial charge in [-0.05, 0) is 12.0 Å². The van der Waals surface area contributed by atoms with Gasteiger partial charge in [0.15, 0.2) is 0 Å². The molecule has 0 saturated heterocycles. The Bertz CT molecular complexity index is 355. The van der Waals surface area contributed by atoms with E-state index in [0.717, 1.165) is 25.3 Å². The summed E-state index contributed by atoms with van der Waals surface area (Å²) >= 11 is 0. The Hall–Kier alpha value is -1.31. The Kier molecular flexibility index (Phi) is 2.53. The van der Waals surface area contributed by atoms with Crippen LogP contribution in [0.1, 0.15) is 24.5 Å². The van der Waals surface area contributed by atoms with Crippen LogP contribution >= 0.6 is 0 Å². The molecule has 0 bridgehead atoms. The van der Waals surface area contributed by atoms with E-state index in [1.165, 1.54) is 11.1 Å². The van der Waals surface area contributed by atoms with Crippen molar-refractivity contribution in [1.29, 1.82) is 0 Å². The van der Waals surface area contributed by atoms with Crippen LogP contribution in [0.3, 0.4) is 0 Å². The Balaban J connectivity index is 2.24. The van der Waals surface area contributed by atoms with Crippen molar-refractivity contribution in [3.8, 4) is 0 Å². The van der Waals surface area contributed by atoms with Gasteiger partial charge >= 0.3 is 0 Å². The van der Waals surface area contributed by atoms with E-state index in [2.05, 4.69) is 48.1 Å². The van der Waals surface area contributed by atoms with Gasteiger partial charge in [0.1, 0.15) is 5.84 Å². The minimum absolute atomic E-state index is 0.847. The molecule has 74 valence electrons. The van der Waals surface area contributed by atoms with E-state index in [-0.39, 0.29) is 0 Å². The largest absolute Gasteiger partial charge is 0.359 e. The second-order valence-electron chi connectivity index (χ2n) is 3.72. The summed E-state index contributed by atoms with van der Waals surface area (Å²) in [6, 6.07) is 8.48. The monoisotopic (exact) mass is 188 g/mol. The highest BCUT2D eigenvalue weighted by Crippen LogP contribution is 2.19. The summed E-state index contributed by atoms with van der Waals surface area (Å²) in [5.74, 6) is 1.16. The number of nitrogens with zero attached hydrogens (tertiary/aromatic N) is 2. The second-order valence-corrected chi connectivity index (χ2v) is 3.72. The molecule has 0 N–H and O–H groups in total. The van der Waals surface area contributed by atoms with Crippen molar-refractivity contribution in [3.05, 3.63) is 35.4 Å². The quantitative estimate of drug-likeness (QED) is 0.695. The number of fused-ring (bicyclic) bond motifs is 1. The number of benzene rings is 1. The summed E-state index contributed by atoms with van der Waals surface area (Å²) in [4.78, 5) is 6.81. The van der Waals surface area contributed by atoms with E-state index in [1.54, 1.807) is 0 Å². The minimum atomic E-state index is 0.847. The van der Waals surface area contributed by atoms with Gasteiger partial charge in [0, 0.05) is 19.2 Å². The van der Waals surface area contributed by atoms with Crippen LogP contribution in [0.2, 0.25) is 0 Å². The molecule has 1 aliphatic heterocycles. The van der Waals surface area contributed by atoms with Crippen LogP contribution in [-0.4, -0.2) is 24.3 Å². The maximum absolute atomic E-state index is 4.56. The molecule has 0 spiro atoms. The highest BCUT2D eigenvalue weighted by atomic mass is 15.2. The van der Waals surface area contributed by atoms with Gasteiger partial charge in [-0.3, -0.25) is 4.99 Å². The van der Waals surface area contributed by atoms with Gasteiger partial charge in [0.25, 0.3) is 0 Å². The molecule has 0 amide bonds. The topological polar surface area (TPSA) is 15.6 Å². The molecular weight excluding hydrogens is 172 g/mol. The van der Waals surface area contributed by atoms with Gasteiger partial charge in [-0.25, -0.2) is 0 Å². The first-order valence-electron chi connectivity index (χ1n) is 5.16. The van der Waals surface area contributed by atoms with Crippen LogP contribution in [0.4, 0.5) is 0 Å². The predicted octanol–water partition coefficient (Wildman–Crippen LogP) is 2.29. The molecule has 1 heterocycles. The Morgan fingerprint density at radius 3 is 2.93 bits per heavy atom. The molecule has 0 fully saturated rings. The first kappa shape index (κ1) is 9.25. The van der Waals surface area contributed by atoms with E-state index in [1.807, 2.05) is 0 Å². The normalized spacial score (nSPS) is 13.7. The molecule has 2 nitrogen and oxygen atoms in total. The van der Waals surface area contributed by atoms with Gasteiger partial charge < -0.3 is 4.90 Å². The smallest absolute Gasteiger partial charge is 0.131 e. The van der Waals surface area contributed by atoms with Crippen molar-refractivity contribution in [2.75, 3.05) is 13.6 Å².